The van der Waals surface area contributed by atoms with Crippen LogP contribution in [0.25, 0.3) is 0 Å². The van der Waals surface area contributed by atoms with E-state index in [9.17, 15) is 4.79 Å². The summed E-state index contributed by atoms with van der Waals surface area (Å²) in [6.07, 6.45) is 4.38. The zero-order chi connectivity index (χ0) is 13.0. The van der Waals surface area contributed by atoms with Gasteiger partial charge in [0.2, 0.25) is 0 Å². The number of carbonyl (C=O) groups is 1. The van der Waals surface area contributed by atoms with Gasteiger partial charge < -0.3 is 10.2 Å². The predicted octanol–water partition coefficient (Wildman–Crippen LogP) is 0.461. The number of carbonyl (C=O) groups excluding carboxylic acids is 1. The Labute approximate surface area is 107 Å². The Balaban J connectivity index is 2.05. The molecule has 1 aromatic heterocycles. The number of hydrogen-bond donors (Lipinski definition) is 1. The molecule has 6 nitrogen and oxygen atoms in total. The average Bonchev–Trinajstić information content (AvgIpc) is 2.75. The molecule has 0 aromatic carbocycles. The molecular formula is C12H19N5O. The summed E-state index contributed by atoms with van der Waals surface area (Å²) in [7, 11) is 0. The van der Waals surface area contributed by atoms with Crippen molar-refractivity contribution in [3.63, 3.8) is 0 Å². The van der Waals surface area contributed by atoms with Crippen molar-refractivity contribution < 1.29 is 4.79 Å². The second kappa shape index (κ2) is 5.77. The SMILES string of the molecule is C=CCN(CCC)C(=O)c1cn(C2CNC2)nn1. The molecule has 0 radical (unpaired) electrons. The highest BCUT2D eigenvalue weighted by atomic mass is 16.2. The van der Waals surface area contributed by atoms with Crippen molar-refractivity contribution in [1.29, 1.82) is 0 Å². The Kier molecular flexibility index (Phi) is 4.09. The molecule has 1 N–H and O–H groups in total. The molecule has 0 saturated carbocycles. The van der Waals surface area contributed by atoms with Crippen LogP contribution in [0.1, 0.15) is 29.9 Å². The third kappa shape index (κ3) is 2.59. The van der Waals surface area contributed by atoms with Gasteiger partial charge in [-0.25, -0.2) is 4.68 Å². The van der Waals surface area contributed by atoms with Crippen LogP contribution in [0.15, 0.2) is 18.9 Å². The number of aromatic nitrogens is 3. The molecule has 98 valence electrons. The largest absolute Gasteiger partial charge is 0.334 e. The van der Waals surface area contributed by atoms with Gasteiger partial charge in [0.1, 0.15) is 0 Å². The van der Waals surface area contributed by atoms with E-state index in [0.717, 1.165) is 19.5 Å². The van der Waals surface area contributed by atoms with Crippen molar-refractivity contribution in [3.05, 3.63) is 24.5 Å². The van der Waals surface area contributed by atoms with E-state index < -0.39 is 0 Å². The number of hydrogen-bond acceptors (Lipinski definition) is 4. The van der Waals surface area contributed by atoms with Crippen molar-refractivity contribution in [2.24, 2.45) is 0 Å². The van der Waals surface area contributed by atoms with Gasteiger partial charge in [0.15, 0.2) is 5.69 Å². The van der Waals surface area contributed by atoms with E-state index in [1.807, 2.05) is 6.92 Å². The smallest absolute Gasteiger partial charge is 0.276 e. The topological polar surface area (TPSA) is 63.1 Å². The van der Waals surface area contributed by atoms with Crippen LogP contribution < -0.4 is 5.32 Å². The third-order valence-corrected chi connectivity index (χ3v) is 2.99. The molecule has 1 amide bonds. The fraction of sp³-hybridized carbons (Fsp3) is 0.583. The molecular weight excluding hydrogens is 230 g/mol. The summed E-state index contributed by atoms with van der Waals surface area (Å²) in [6, 6.07) is 0.332. The molecule has 0 spiro atoms. The third-order valence-electron chi connectivity index (χ3n) is 2.99. The summed E-state index contributed by atoms with van der Waals surface area (Å²) < 4.78 is 1.77. The average molecular weight is 249 g/mol. The second-order valence-electron chi connectivity index (χ2n) is 4.44. The summed E-state index contributed by atoms with van der Waals surface area (Å²) in [5, 5.41) is 11.1. The summed E-state index contributed by atoms with van der Waals surface area (Å²) in [5.74, 6) is -0.0738. The van der Waals surface area contributed by atoms with Crippen LogP contribution in [0.3, 0.4) is 0 Å². The van der Waals surface area contributed by atoms with Gasteiger partial charge in [-0.3, -0.25) is 4.79 Å². The molecule has 0 aliphatic carbocycles. The van der Waals surface area contributed by atoms with Gasteiger partial charge >= 0.3 is 0 Å². The zero-order valence-electron chi connectivity index (χ0n) is 10.7. The van der Waals surface area contributed by atoms with Crippen LogP contribution in [0.5, 0.6) is 0 Å². The lowest BCUT2D eigenvalue weighted by Gasteiger charge is -2.26. The van der Waals surface area contributed by atoms with Crippen LogP contribution in [0.2, 0.25) is 0 Å². The first-order valence-electron chi connectivity index (χ1n) is 6.29. The highest BCUT2D eigenvalue weighted by Crippen LogP contribution is 2.11. The molecule has 2 rings (SSSR count). The zero-order valence-corrected chi connectivity index (χ0v) is 10.7. The predicted molar refractivity (Wildman–Crippen MR) is 68.3 cm³/mol. The van der Waals surface area contributed by atoms with Crippen LogP contribution >= 0.6 is 0 Å². The monoisotopic (exact) mass is 249 g/mol. The van der Waals surface area contributed by atoms with E-state index in [0.29, 0.717) is 24.8 Å². The number of nitrogens with zero attached hydrogens (tertiary/aromatic N) is 4. The van der Waals surface area contributed by atoms with Crippen molar-refractivity contribution in [3.8, 4) is 0 Å². The molecule has 1 aliphatic heterocycles. The van der Waals surface area contributed by atoms with E-state index >= 15 is 0 Å². The molecule has 0 unspecified atom stereocenters. The Bertz CT molecular complexity index is 424. The van der Waals surface area contributed by atoms with E-state index in [1.165, 1.54) is 0 Å². The summed E-state index contributed by atoms with van der Waals surface area (Å²) in [4.78, 5) is 14.0. The van der Waals surface area contributed by atoms with Crippen LogP contribution in [-0.2, 0) is 0 Å². The fourth-order valence-electron chi connectivity index (χ4n) is 1.88. The van der Waals surface area contributed by atoms with Crippen molar-refractivity contribution in [2.45, 2.75) is 19.4 Å². The van der Waals surface area contributed by atoms with Gasteiger partial charge in [0.05, 0.1) is 12.2 Å². The maximum absolute atomic E-state index is 12.2. The molecule has 18 heavy (non-hydrogen) atoms. The molecule has 2 heterocycles. The fourth-order valence-corrected chi connectivity index (χ4v) is 1.88. The van der Waals surface area contributed by atoms with Crippen molar-refractivity contribution in [2.75, 3.05) is 26.2 Å². The van der Waals surface area contributed by atoms with Gasteiger partial charge in [-0.15, -0.1) is 11.7 Å². The van der Waals surface area contributed by atoms with Crippen molar-refractivity contribution in [1.82, 2.24) is 25.2 Å². The van der Waals surface area contributed by atoms with Crippen LogP contribution in [0.4, 0.5) is 0 Å². The van der Waals surface area contributed by atoms with Crippen LogP contribution in [0, 0.1) is 0 Å². The number of amides is 1. The molecule has 1 aromatic rings. The highest BCUT2D eigenvalue weighted by Gasteiger charge is 2.23. The molecule has 1 aliphatic rings. The molecule has 1 fully saturated rings. The highest BCUT2D eigenvalue weighted by molar-refractivity contribution is 5.92. The van der Waals surface area contributed by atoms with Crippen molar-refractivity contribution >= 4 is 5.91 Å². The van der Waals surface area contributed by atoms with E-state index in [-0.39, 0.29) is 5.91 Å². The number of rotatable bonds is 6. The van der Waals surface area contributed by atoms with Gasteiger partial charge in [-0.2, -0.15) is 0 Å². The van der Waals surface area contributed by atoms with Gasteiger partial charge in [0.25, 0.3) is 5.91 Å². The normalized spacial score (nSPS) is 15.2. The second-order valence-corrected chi connectivity index (χ2v) is 4.44. The van der Waals surface area contributed by atoms with Crippen LogP contribution in [-0.4, -0.2) is 52.0 Å². The maximum Gasteiger partial charge on any atom is 0.276 e. The first-order chi connectivity index (χ1) is 8.76. The molecule has 0 bridgehead atoms. The molecule has 1 saturated heterocycles. The van der Waals surface area contributed by atoms with Gasteiger partial charge in [-0.05, 0) is 6.42 Å². The molecule has 6 heteroatoms. The summed E-state index contributed by atoms with van der Waals surface area (Å²) in [6.45, 7) is 8.75. The lowest BCUT2D eigenvalue weighted by molar-refractivity contribution is 0.0768. The lowest BCUT2D eigenvalue weighted by atomic mass is 10.2. The van der Waals surface area contributed by atoms with Gasteiger partial charge in [-0.1, -0.05) is 18.2 Å². The maximum atomic E-state index is 12.2. The van der Waals surface area contributed by atoms with E-state index in [4.69, 9.17) is 0 Å². The Morgan fingerprint density at radius 2 is 2.50 bits per heavy atom. The van der Waals surface area contributed by atoms with E-state index in [1.54, 1.807) is 21.9 Å². The minimum absolute atomic E-state index is 0.0738. The first-order valence-corrected chi connectivity index (χ1v) is 6.29. The van der Waals surface area contributed by atoms with Gasteiger partial charge in [0, 0.05) is 26.2 Å². The quantitative estimate of drug-likeness (QED) is 0.744. The summed E-state index contributed by atoms with van der Waals surface area (Å²) >= 11 is 0. The van der Waals surface area contributed by atoms with E-state index in [2.05, 4.69) is 22.2 Å². The Hall–Kier alpha value is -1.69. The Morgan fingerprint density at radius 1 is 1.72 bits per heavy atom. The summed E-state index contributed by atoms with van der Waals surface area (Å²) in [5.41, 5.74) is 0.414. The minimum atomic E-state index is -0.0738. The number of nitrogens with one attached hydrogen (secondary N) is 1. The Morgan fingerprint density at radius 3 is 3.06 bits per heavy atom. The standard InChI is InChI=1S/C12H19N5O/c1-3-5-16(6-4-2)12(18)11-9-17(15-14-11)10-7-13-8-10/h3,9-10,13H,1,4-8H2,2H3. The minimum Gasteiger partial charge on any atom is -0.334 e. The molecule has 0 atom stereocenters. The first kappa shape index (κ1) is 12.8. The lowest BCUT2D eigenvalue weighted by Crippen LogP contribution is -2.43.